The molecule has 7 heteroatoms. The van der Waals surface area contributed by atoms with Crippen LogP contribution in [0.1, 0.15) is 40.7 Å². The van der Waals surface area contributed by atoms with Gasteiger partial charge in [0.1, 0.15) is 18.8 Å². The number of fused-ring (bicyclic) bond motifs is 3. The Morgan fingerprint density at radius 2 is 1.75 bits per heavy atom. The van der Waals surface area contributed by atoms with Crippen molar-refractivity contribution in [3.05, 3.63) is 89.2 Å². The molecule has 1 amide bonds. The van der Waals surface area contributed by atoms with E-state index in [1.165, 1.54) is 18.5 Å². The van der Waals surface area contributed by atoms with Crippen LogP contribution in [0.4, 0.5) is 4.79 Å². The monoisotopic (exact) mass is 429 g/mol. The van der Waals surface area contributed by atoms with Gasteiger partial charge in [-0.2, -0.15) is 5.26 Å². The summed E-state index contributed by atoms with van der Waals surface area (Å²) >= 11 is 0. The number of carbonyl (C=O) groups excluding carboxylic acids is 1. The number of aliphatic hydroxyl groups excluding tert-OH is 2. The predicted octanol–water partition coefficient (Wildman–Crippen LogP) is 3.28. The van der Waals surface area contributed by atoms with Crippen LogP contribution in [0.3, 0.4) is 0 Å². The number of nitrogens with one attached hydrogen (secondary N) is 1. The largest absolute Gasteiger partial charge is 0.449 e. The molecule has 1 aliphatic carbocycles. The van der Waals surface area contributed by atoms with E-state index in [2.05, 4.69) is 34.6 Å². The zero-order chi connectivity index (χ0) is 22.5. The third-order valence-corrected chi connectivity index (χ3v) is 5.65. The van der Waals surface area contributed by atoms with E-state index in [0.717, 1.165) is 22.3 Å². The number of rotatable bonds is 7. The molecule has 0 saturated heterocycles. The highest BCUT2D eigenvalue weighted by Gasteiger charge is 2.29. The Hall–Kier alpha value is -3.73. The van der Waals surface area contributed by atoms with E-state index in [1.54, 1.807) is 0 Å². The number of benzene rings is 2. The molecule has 4 rings (SSSR count). The highest BCUT2D eigenvalue weighted by Crippen LogP contribution is 2.44. The van der Waals surface area contributed by atoms with Crippen molar-refractivity contribution >= 4 is 6.09 Å². The molecule has 2 aromatic carbocycles. The summed E-state index contributed by atoms with van der Waals surface area (Å²) < 4.78 is 5.46. The highest BCUT2D eigenvalue weighted by molar-refractivity contribution is 5.79. The molecule has 0 aliphatic heterocycles. The van der Waals surface area contributed by atoms with Gasteiger partial charge in [-0.05, 0) is 34.7 Å². The van der Waals surface area contributed by atoms with Crippen molar-refractivity contribution in [2.24, 2.45) is 0 Å². The molecule has 162 valence electrons. The number of nitriles is 1. The molecular weight excluding hydrogens is 406 g/mol. The first kappa shape index (κ1) is 21.5. The summed E-state index contributed by atoms with van der Waals surface area (Å²) in [5.41, 5.74) is 5.22. The molecule has 3 aromatic rings. The number of hydrogen-bond donors (Lipinski definition) is 3. The van der Waals surface area contributed by atoms with E-state index in [-0.39, 0.29) is 25.5 Å². The molecule has 2 unspecified atom stereocenters. The lowest BCUT2D eigenvalue weighted by Crippen LogP contribution is -2.30. The molecule has 0 bridgehead atoms. The van der Waals surface area contributed by atoms with Gasteiger partial charge in [0.15, 0.2) is 0 Å². The van der Waals surface area contributed by atoms with Crippen LogP contribution in [0, 0.1) is 11.3 Å². The van der Waals surface area contributed by atoms with Crippen molar-refractivity contribution in [2.75, 3.05) is 13.2 Å². The molecule has 7 nitrogen and oxygen atoms in total. The second-order valence-electron chi connectivity index (χ2n) is 7.67. The summed E-state index contributed by atoms with van der Waals surface area (Å²) in [5, 5.41) is 32.0. The van der Waals surface area contributed by atoms with Gasteiger partial charge >= 0.3 is 6.09 Å². The van der Waals surface area contributed by atoms with Crippen molar-refractivity contribution in [2.45, 2.75) is 24.5 Å². The average Bonchev–Trinajstić information content (AvgIpc) is 3.16. The number of amides is 1. The third-order valence-electron chi connectivity index (χ3n) is 5.65. The first-order valence-electron chi connectivity index (χ1n) is 10.4. The van der Waals surface area contributed by atoms with Crippen LogP contribution in [-0.2, 0) is 4.74 Å². The Labute approximate surface area is 185 Å². The minimum Gasteiger partial charge on any atom is -0.449 e. The molecule has 0 spiro atoms. The number of hydrogen-bond acceptors (Lipinski definition) is 6. The van der Waals surface area contributed by atoms with Crippen LogP contribution < -0.4 is 5.32 Å². The first-order valence-corrected chi connectivity index (χ1v) is 10.4. The molecule has 0 fully saturated rings. The van der Waals surface area contributed by atoms with Gasteiger partial charge in [-0.15, -0.1) is 0 Å². The van der Waals surface area contributed by atoms with Gasteiger partial charge in [0.25, 0.3) is 0 Å². The number of carbonyl (C=O) groups is 1. The van der Waals surface area contributed by atoms with Gasteiger partial charge in [-0.3, -0.25) is 4.98 Å². The summed E-state index contributed by atoms with van der Waals surface area (Å²) in [6.45, 7) is 0.331. The second-order valence-corrected chi connectivity index (χ2v) is 7.67. The van der Waals surface area contributed by atoms with E-state index >= 15 is 0 Å². The van der Waals surface area contributed by atoms with E-state index in [1.807, 2.05) is 30.3 Å². The summed E-state index contributed by atoms with van der Waals surface area (Å²) in [5.74, 6) is -0.0273. The number of ether oxygens (including phenoxy) is 1. The smallest absolute Gasteiger partial charge is 0.407 e. The molecule has 32 heavy (non-hydrogen) atoms. The van der Waals surface area contributed by atoms with Gasteiger partial charge in [0, 0.05) is 30.4 Å². The van der Waals surface area contributed by atoms with E-state index in [9.17, 15) is 15.0 Å². The maximum absolute atomic E-state index is 12.2. The Balaban J connectivity index is 1.28. The van der Waals surface area contributed by atoms with E-state index < -0.39 is 18.3 Å². The van der Waals surface area contributed by atoms with Crippen molar-refractivity contribution in [3.63, 3.8) is 0 Å². The van der Waals surface area contributed by atoms with Crippen LogP contribution in [0.25, 0.3) is 11.1 Å². The van der Waals surface area contributed by atoms with E-state index in [4.69, 9.17) is 10.00 Å². The molecular formula is C25H23N3O4. The quantitative estimate of drug-likeness (QED) is 0.531. The summed E-state index contributed by atoms with van der Waals surface area (Å²) in [6, 6.07) is 19.6. The fraction of sp³-hybridized carbons (Fsp3) is 0.240. The fourth-order valence-corrected chi connectivity index (χ4v) is 4.03. The summed E-state index contributed by atoms with van der Waals surface area (Å²) in [4.78, 5) is 16.1. The van der Waals surface area contributed by atoms with Crippen LogP contribution in [-0.4, -0.2) is 40.5 Å². The zero-order valence-electron chi connectivity index (χ0n) is 17.3. The third kappa shape index (κ3) is 4.47. The second kappa shape index (κ2) is 9.60. The minimum atomic E-state index is -1.21. The number of pyridine rings is 1. The van der Waals surface area contributed by atoms with Crippen LogP contribution >= 0.6 is 0 Å². The van der Waals surface area contributed by atoms with Gasteiger partial charge in [-0.1, -0.05) is 48.5 Å². The Morgan fingerprint density at radius 1 is 1.09 bits per heavy atom. The molecule has 1 aliphatic rings. The molecule has 0 saturated carbocycles. The summed E-state index contributed by atoms with van der Waals surface area (Å²) in [6.07, 6.45) is -0.0293. The number of aromatic nitrogens is 1. The van der Waals surface area contributed by atoms with Crippen molar-refractivity contribution in [1.82, 2.24) is 10.3 Å². The molecule has 1 heterocycles. The average molecular weight is 429 g/mol. The Kier molecular flexibility index (Phi) is 6.45. The SMILES string of the molecule is N#Cc1cncc(C(O)C(O)CCNC(=O)OCC2c3ccccc3-c3ccccc32)c1. The standard InChI is InChI=1S/C25H23N3O4/c26-12-16-11-17(14-27-13-16)24(30)23(29)9-10-28-25(31)32-15-22-20-7-3-1-5-18(20)19-6-2-4-8-21(19)22/h1-8,11,13-14,22-24,29-30H,9-10,15H2,(H,28,31). The maximum Gasteiger partial charge on any atom is 0.407 e. The van der Waals surface area contributed by atoms with Crippen molar-refractivity contribution in [3.8, 4) is 17.2 Å². The number of alkyl carbamates (subject to hydrolysis) is 1. The van der Waals surface area contributed by atoms with Crippen LogP contribution in [0.15, 0.2) is 67.0 Å². The van der Waals surface area contributed by atoms with Gasteiger partial charge in [-0.25, -0.2) is 4.79 Å². The number of nitrogens with zero attached hydrogens (tertiary/aromatic N) is 2. The van der Waals surface area contributed by atoms with Crippen LogP contribution in [0.2, 0.25) is 0 Å². The van der Waals surface area contributed by atoms with Crippen LogP contribution in [0.5, 0.6) is 0 Å². The van der Waals surface area contributed by atoms with Gasteiger partial charge in [0.2, 0.25) is 0 Å². The maximum atomic E-state index is 12.2. The zero-order valence-corrected chi connectivity index (χ0v) is 17.3. The number of aliphatic hydroxyl groups is 2. The predicted molar refractivity (Wildman–Crippen MR) is 118 cm³/mol. The molecule has 1 aromatic heterocycles. The topological polar surface area (TPSA) is 115 Å². The fourth-order valence-electron chi connectivity index (χ4n) is 4.03. The van der Waals surface area contributed by atoms with Gasteiger partial charge in [0.05, 0.1) is 11.7 Å². The molecule has 0 radical (unpaired) electrons. The lowest BCUT2D eigenvalue weighted by Gasteiger charge is -2.18. The summed E-state index contributed by atoms with van der Waals surface area (Å²) in [7, 11) is 0. The minimum absolute atomic E-state index is 0.0273. The van der Waals surface area contributed by atoms with Crippen molar-refractivity contribution in [1.29, 1.82) is 5.26 Å². The van der Waals surface area contributed by atoms with Crippen molar-refractivity contribution < 1.29 is 19.7 Å². The molecule has 3 N–H and O–H groups in total. The molecule has 2 atom stereocenters. The van der Waals surface area contributed by atoms with E-state index in [0.29, 0.717) is 11.1 Å². The highest BCUT2D eigenvalue weighted by atomic mass is 16.5. The lowest BCUT2D eigenvalue weighted by atomic mass is 9.98. The normalized spacial score (nSPS) is 14.0. The Bertz CT molecular complexity index is 1110. The lowest BCUT2D eigenvalue weighted by molar-refractivity contribution is 0.0134. The first-order chi connectivity index (χ1) is 15.6. The van der Waals surface area contributed by atoms with Gasteiger partial charge < -0.3 is 20.3 Å². The Morgan fingerprint density at radius 3 is 2.41 bits per heavy atom.